The van der Waals surface area contributed by atoms with Gasteiger partial charge in [-0.15, -0.1) is 5.10 Å². The number of aromatic nitrogens is 3. The highest BCUT2D eigenvalue weighted by Gasteiger charge is 2.14. The summed E-state index contributed by atoms with van der Waals surface area (Å²) in [5.74, 6) is 1.00. The Bertz CT molecular complexity index is 1140. The first-order valence-electron chi connectivity index (χ1n) is 8.93. The van der Waals surface area contributed by atoms with Gasteiger partial charge in [0.2, 0.25) is 0 Å². The van der Waals surface area contributed by atoms with Crippen molar-refractivity contribution in [2.45, 2.75) is 6.61 Å². The minimum atomic E-state index is -0.330. The molecule has 0 aliphatic heterocycles. The van der Waals surface area contributed by atoms with Gasteiger partial charge in [-0.05, 0) is 54.1 Å². The number of hydrogen-bond donors (Lipinski definition) is 3. The highest BCUT2D eigenvalue weighted by atomic mass is 16.5. The van der Waals surface area contributed by atoms with Crippen LogP contribution in [0.25, 0.3) is 5.65 Å². The van der Waals surface area contributed by atoms with Crippen molar-refractivity contribution in [2.24, 2.45) is 0 Å². The number of imidazole rings is 1. The van der Waals surface area contributed by atoms with Gasteiger partial charge < -0.3 is 20.5 Å². The molecule has 29 heavy (non-hydrogen) atoms. The van der Waals surface area contributed by atoms with E-state index in [4.69, 9.17) is 9.84 Å². The molecule has 0 aliphatic carbocycles. The number of amides is 1. The monoisotopic (exact) mass is 389 g/mol. The Hall–Kier alpha value is -3.91. The summed E-state index contributed by atoms with van der Waals surface area (Å²) in [7, 11) is 1.62. The van der Waals surface area contributed by atoms with Gasteiger partial charge in [-0.3, -0.25) is 4.79 Å². The Morgan fingerprint density at radius 2 is 1.76 bits per heavy atom. The highest BCUT2D eigenvalue weighted by molar-refractivity contribution is 6.03. The second-order valence-corrected chi connectivity index (χ2v) is 6.29. The molecule has 0 unspecified atom stereocenters. The molecule has 0 fully saturated rings. The van der Waals surface area contributed by atoms with E-state index >= 15 is 0 Å². The maximum Gasteiger partial charge on any atom is 0.276 e. The highest BCUT2D eigenvalue weighted by Crippen LogP contribution is 2.19. The van der Waals surface area contributed by atoms with Gasteiger partial charge in [0, 0.05) is 11.4 Å². The fraction of sp³-hybridized carbons (Fsp3) is 0.0952. The minimum Gasteiger partial charge on any atom is -0.497 e. The summed E-state index contributed by atoms with van der Waals surface area (Å²) in [5.41, 5.74) is 3.10. The molecule has 0 radical (unpaired) electrons. The van der Waals surface area contributed by atoms with Gasteiger partial charge in [-0.1, -0.05) is 12.1 Å². The van der Waals surface area contributed by atoms with Crippen LogP contribution in [0.3, 0.4) is 0 Å². The molecule has 2 heterocycles. The summed E-state index contributed by atoms with van der Waals surface area (Å²) in [4.78, 5) is 16.9. The molecule has 8 heteroatoms. The molecule has 4 aromatic rings. The lowest BCUT2D eigenvalue weighted by atomic mass is 10.2. The number of aliphatic hydroxyl groups is 1. The zero-order chi connectivity index (χ0) is 20.2. The molecule has 0 saturated carbocycles. The molecule has 0 bridgehead atoms. The van der Waals surface area contributed by atoms with Crippen molar-refractivity contribution in [3.63, 3.8) is 0 Å². The average Bonchev–Trinajstić information content (AvgIpc) is 3.18. The zero-order valence-corrected chi connectivity index (χ0v) is 15.7. The van der Waals surface area contributed by atoms with Gasteiger partial charge in [0.15, 0.2) is 17.2 Å². The Balaban J connectivity index is 1.56. The quantitative estimate of drug-likeness (QED) is 0.468. The van der Waals surface area contributed by atoms with Gasteiger partial charge in [0.1, 0.15) is 5.75 Å². The zero-order valence-electron chi connectivity index (χ0n) is 15.7. The fourth-order valence-electron chi connectivity index (χ4n) is 2.81. The molecular weight excluding hydrogens is 370 g/mol. The summed E-state index contributed by atoms with van der Waals surface area (Å²) in [6, 6.07) is 18.0. The van der Waals surface area contributed by atoms with E-state index in [9.17, 15) is 4.79 Å². The first-order chi connectivity index (χ1) is 14.2. The van der Waals surface area contributed by atoms with E-state index in [1.165, 1.54) is 10.7 Å². The van der Waals surface area contributed by atoms with Crippen LogP contribution in [0.5, 0.6) is 5.75 Å². The topological polar surface area (TPSA) is 101 Å². The molecule has 0 atom stereocenters. The maximum atomic E-state index is 12.7. The number of benzene rings is 2. The molecule has 146 valence electrons. The molecule has 3 N–H and O–H groups in total. The summed E-state index contributed by atoms with van der Waals surface area (Å²) >= 11 is 0. The summed E-state index contributed by atoms with van der Waals surface area (Å²) < 4.78 is 6.65. The fourth-order valence-corrected chi connectivity index (χ4v) is 2.81. The van der Waals surface area contributed by atoms with E-state index in [0.29, 0.717) is 22.8 Å². The number of carbonyl (C=O) groups is 1. The Morgan fingerprint density at radius 3 is 2.45 bits per heavy atom. The van der Waals surface area contributed by atoms with E-state index in [1.807, 2.05) is 24.3 Å². The number of carbonyl (C=O) groups excluding carboxylic acids is 1. The molecule has 4 rings (SSSR count). The lowest BCUT2D eigenvalue weighted by molar-refractivity contribution is 0.102. The Kier molecular flexibility index (Phi) is 5.08. The first kappa shape index (κ1) is 18.5. The summed E-state index contributed by atoms with van der Waals surface area (Å²) in [6.45, 7) is -0.0463. The third-order valence-corrected chi connectivity index (χ3v) is 4.35. The average molecular weight is 389 g/mol. The van der Waals surface area contributed by atoms with Crippen molar-refractivity contribution >= 4 is 28.7 Å². The van der Waals surface area contributed by atoms with Gasteiger partial charge >= 0.3 is 0 Å². The van der Waals surface area contributed by atoms with Crippen LogP contribution < -0.4 is 15.4 Å². The first-order valence-corrected chi connectivity index (χ1v) is 8.93. The standard InChI is InChI=1S/C21H19N5O3/c1-29-17-8-6-15(7-9-17)23-19-10-11-20-22-12-18(26(20)25-19)21(28)24-16-4-2-14(13-27)3-5-16/h2-12,27H,13H2,1H3,(H,23,25)(H,24,28). The van der Waals surface area contributed by atoms with Crippen molar-refractivity contribution in [3.8, 4) is 5.75 Å². The van der Waals surface area contributed by atoms with E-state index in [0.717, 1.165) is 17.0 Å². The number of ether oxygens (including phenoxy) is 1. The van der Waals surface area contributed by atoms with Gasteiger partial charge in [0.25, 0.3) is 5.91 Å². The van der Waals surface area contributed by atoms with Crippen molar-refractivity contribution in [2.75, 3.05) is 17.7 Å². The molecule has 2 aromatic carbocycles. The number of hydrogen-bond acceptors (Lipinski definition) is 6. The lowest BCUT2D eigenvalue weighted by Gasteiger charge is -2.08. The molecule has 0 saturated heterocycles. The number of rotatable bonds is 6. The minimum absolute atomic E-state index is 0.0463. The van der Waals surface area contributed by atoms with E-state index in [1.54, 1.807) is 43.5 Å². The van der Waals surface area contributed by atoms with Crippen molar-refractivity contribution in [1.82, 2.24) is 14.6 Å². The smallest absolute Gasteiger partial charge is 0.276 e. The van der Waals surface area contributed by atoms with E-state index < -0.39 is 0 Å². The van der Waals surface area contributed by atoms with Crippen molar-refractivity contribution < 1.29 is 14.6 Å². The van der Waals surface area contributed by atoms with Crippen LogP contribution in [-0.4, -0.2) is 32.7 Å². The van der Waals surface area contributed by atoms with Crippen LogP contribution in [0.4, 0.5) is 17.2 Å². The van der Waals surface area contributed by atoms with Gasteiger partial charge in [0.05, 0.1) is 19.9 Å². The number of nitrogens with one attached hydrogen (secondary N) is 2. The van der Waals surface area contributed by atoms with E-state index in [-0.39, 0.29) is 12.5 Å². The van der Waals surface area contributed by atoms with Crippen LogP contribution >= 0.6 is 0 Å². The Labute approximate surface area is 166 Å². The van der Waals surface area contributed by atoms with E-state index in [2.05, 4.69) is 20.7 Å². The molecule has 0 aliphatic rings. The van der Waals surface area contributed by atoms with Crippen LogP contribution in [0.1, 0.15) is 16.1 Å². The SMILES string of the molecule is COc1ccc(Nc2ccc3ncc(C(=O)Nc4ccc(CO)cc4)n3n2)cc1. The number of aliphatic hydroxyl groups excluding tert-OH is 1. The molecular formula is C21H19N5O3. The normalized spacial score (nSPS) is 10.7. The molecule has 2 aromatic heterocycles. The third-order valence-electron chi connectivity index (χ3n) is 4.35. The number of fused-ring (bicyclic) bond motifs is 1. The van der Waals surface area contributed by atoms with Crippen molar-refractivity contribution in [1.29, 1.82) is 0 Å². The second-order valence-electron chi connectivity index (χ2n) is 6.29. The molecule has 8 nitrogen and oxygen atoms in total. The lowest BCUT2D eigenvalue weighted by Crippen LogP contribution is -2.15. The summed E-state index contributed by atoms with van der Waals surface area (Å²) in [6.07, 6.45) is 1.48. The van der Waals surface area contributed by atoms with Crippen LogP contribution in [0, 0.1) is 0 Å². The second kappa shape index (κ2) is 7.99. The van der Waals surface area contributed by atoms with Crippen LogP contribution in [0.2, 0.25) is 0 Å². The van der Waals surface area contributed by atoms with Gasteiger partial charge in [-0.25, -0.2) is 9.50 Å². The van der Waals surface area contributed by atoms with Crippen LogP contribution in [-0.2, 0) is 6.61 Å². The van der Waals surface area contributed by atoms with Crippen molar-refractivity contribution in [3.05, 3.63) is 78.1 Å². The predicted molar refractivity (Wildman–Crippen MR) is 110 cm³/mol. The predicted octanol–water partition coefficient (Wildman–Crippen LogP) is 3.23. The maximum absolute atomic E-state index is 12.7. The number of nitrogens with zero attached hydrogens (tertiary/aromatic N) is 3. The number of anilines is 3. The van der Waals surface area contributed by atoms with Gasteiger partial charge in [-0.2, -0.15) is 0 Å². The molecule has 1 amide bonds. The number of methoxy groups -OCH3 is 1. The largest absolute Gasteiger partial charge is 0.497 e. The third kappa shape index (κ3) is 4.02. The molecule has 0 spiro atoms. The summed E-state index contributed by atoms with van der Waals surface area (Å²) in [5, 5.41) is 19.6. The Morgan fingerprint density at radius 1 is 1.03 bits per heavy atom. The van der Waals surface area contributed by atoms with Crippen LogP contribution in [0.15, 0.2) is 66.9 Å².